The third-order valence-corrected chi connectivity index (χ3v) is 2.30. The summed E-state index contributed by atoms with van der Waals surface area (Å²) >= 11 is 0. The summed E-state index contributed by atoms with van der Waals surface area (Å²) in [7, 11) is 1.77. The lowest BCUT2D eigenvalue weighted by atomic mass is 10.1. The Morgan fingerprint density at radius 3 is 2.88 bits per heavy atom. The first-order valence-corrected chi connectivity index (χ1v) is 4.94. The van der Waals surface area contributed by atoms with Crippen molar-refractivity contribution in [1.82, 2.24) is 0 Å². The van der Waals surface area contributed by atoms with Gasteiger partial charge in [-0.1, -0.05) is 0 Å². The lowest BCUT2D eigenvalue weighted by molar-refractivity contribution is 0.112. The third kappa shape index (κ3) is 2.80. The molecule has 0 N–H and O–H groups in total. The Bertz CT molecular complexity index is 426. The number of aldehydes is 1. The van der Waals surface area contributed by atoms with Gasteiger partial charge in [0.25, 0.3) is 0 Å². The van der Waals surface area contributed by atoms with Crippen molar-refractivity contribution in [2.45, 2.75) is 6.92 Å². The van der Waals surface area contributed by atoms with Crippen molar-refractivity contribution >= 4 is 12.0 Å². The van der Waals surface area contributed by atoms with Crippen molar-refractivity contribution in [2.75, 3.05) is 18.5 Å². The summed E-state index contributed by atoms with van der Waals surface area (Å²) in [5.74, 6) is -0.581. The van der Waals surface area contributed by atoms with E-state index in [1.54, 1.807) is 24.9 Å². The maximum Gasteiger partial charge on any atom is 0.152 e. The fourth-order valence-electron chi connectivity index (χ4n) is 1.52. The number of halogens is 1. The van der Waals surface area contributed by atoms with E-state index in [-0.39, 0.29) is 5.92 Å². The fourth-order valence-corrected chi connectivity index (χ4v) is 1.52. The van der Waals surface area contributed by atoms with Gasteiger partial charge in [0.15, 0.2) is 6.29 Å². The van der Waals surface area contributed by atoms with Crippen LogP contribution in [-0.4, -0.2) is 19.9 Å². The molecule has 3 nitrogen and oxygen atoms in total. The Kier molecular flexibility index (Phi) is 4.01. The van der Waals surface area contributed by atoms with Gasteiger partial charge < -0.3 is 4.90 Å². The summed E-state index contributed by atoms with van der Waals surface area (Å²) in [6.07, 6.45) is 0.617. The number of carbonyl (C=O) groups excluding carboxylic acids is 1. The number of anilines is 1. The first-order valence-electron chi connectivity index (χ1n) is 4.94. The van der Waals surface area contributed by atoms with E-state index in [0.717, 1.165) is 0 Å². The predicted molar refractivity (Wildman–Crippen MR) is 59.8 cm³/mol. The summed E-state index contributed by atoms with van der Waals surface area (Å²) in [6, 6.07) is 6.15. The second-order valence-corrected chi connectivity index (χ2v) is 3.73. The molecule has 0 aliphatic rings. The number of nitrogens with zero attached hydrogens (tertiary/aromatic N) is 2. The van der Waals surface area contributed by atoms with Gasteiger partial charge in [0.05, 0.1) is 12.0 Å². The molecule has 0 radical (unpaired) electrons. The number of hydrogen-bond donors (Lipinski definition) is 0. The maximum absolute atomic E-state index is 12.9. The Morgan fingerprint density at radius 2 is 2.31 bits per heavy atom. The standard InChI is InChI=1S/C12H13FN2O/c1-9(6-14)7-15(2)12-4-3-11(13)5-10(12)8-16/h3-5,8-9H,7H2,1-2H3. The highest BCUT2D eigenvalue weighted by Gasteiger charge is 2.10. The van der Waals surface area contributed by atoms with E-state index >= 15 is 0 Å². The van der Waals surface area contributed by atoms with Crippen molar-refractivity contribution in [1.29, 1.82) is 5.26 Å². The van der Waals surface area contributed by atoms with Gasteiger partial charge in [-0.05, 0) is 25.1 Å². The molecule has 1 rings (SSSR count). The predicted octanol–water partition coefficient (Wildman–Crippen LogP) is 2.23. The maximum atomic E-state index is 12.9. The van der Waals surface area contributed by atoms with Gasteiger partial charge in [-0.25, -0.2) is 4.39 Å². The first-order chi connectivity index (χ1) is 7.58. The zero-order valence-corrected chi connectivity index (χ0v) is 9.27. The van der Waals surface area contributed by atoms with E-state index in [9.17, 15) is 9.18 Å². The minimum absolute atomic E-state index is 0.144. The van der Waals surface area contributed by atoms with Gasteiger partial charge >= 0.3 is 0 Å². The average molecular weight is 220 g/mol. The van der Waals surface area contributed by atoms with E-state index in [4.69, 9.17) is 5.26 Å². The Balaban J connectivity index is 2.95. The zero-order chi connectivity index (χ0) is 12.1. The van der Waals surface area contributed by atoms with Crippen LogP contribution in [0.3, 0.4) is 0 Å². The van der Waals surface area contributed by atoms with Crippen LogP contribution in [-0.2, 0) is 0 Å². The van der Waals surface area contributed by atoms with Gasteiger partial charge in [-0.3, -0.25) is 4.79 Å². The normalized spacial score (nSPS) is 11.6. The molecule has 0 aliphatic carbocycles. The van der Waals surface area contributed by atoms with E-state index in [1.165, 1.54) is 12.1 Å². The van der Waals surface area contributed by atoms with Crippen molar-refractivity contribution in [3.63, 3.8) is 0 Å². The summed E-state index contributed by atoms with van der Waals surface area (Å²) in [5, 5.41) is 8.69. The molecule has 1 aromatic carbocycles. The van der Waals surface area contributed by atoms with E-state index in [1.807, 2.05) is 0 Å². The summed E-state index contributed by atoms with van der Waals surface area (Å²) in [4.78, 5) is 12.6. The van der Waals surface area contributed by atoms with Crippen LogP contribution >= 0.6 is 0 Å². The van der Waals surface area contributed by atoms with Crippen LogP contribution in [0.15, 0.2) is 18.2 Å². The van der Waals surface area contributed by atoms with Gasteiger partial charge in [0, 0.05) is 24.8 Å². The molecular weight excluding hydrogens is 207 g/mol. The summed E-state index contributed by atoms with van der Waals surface area (Å²) in [6.45, 7) is 2.30. The molecule has 0 heterocycles. The molecule has 0 aromatic heterocycles. The molecule has 0 saturated heterocycles. The number of hydrogen-bond acceptors (Lipinski definition) is 3. The second-order valence-electron chi connectivity index (χ2n) is 3.73. The molecular formula is C12H13FN2O. The van der Waals surface area contributed by atoms with E-state index in [0.29, 0.717) is 24.1 Å². The van der Waals surface area contributed by atoms with Crippen LogP contribution in [0.1, 0.15) is 17.3 Å². The first kappa shape index (κ1) is 12.2. The molecule has 0 bridgehead atoms. The zero-order valence-electron chi connectivity index (χ0n) is 9.27. The molecule has 1 unspecified atom stereocenters. The van der Waals surface area contributed by atoms with E-state index in [2.05, 4.69) is 6.07 Å². The Hall–Kier alpha value is -1.89. The fraction of sp³-hybridized carbons (Fsp3) is 0.333. The van der Waals surface area contributed by atoms with Gasteiger partial charge in [-0.2, -0.15) is 5.26 Å². The average Bonchev–Trinajstić information content (AvgIpc) is 2.28. The number of rotatable bonds is 4. The van der Waals surface area contributed by atoms with Crippen molar-refractivity contribution in [2.24, 2.45) is 5.92 Å². The van der Waals surface area contributed by atoms with Gasteiger partial charge in [-0.15, -0.1) is 0 Å². The van der Waals surface area contributed by atoms with Crippen LogP contribution in [0.25, 0.3) is 0 Å². The smallest absolute Gasteiger partial charge is 0.152 e. The quantitative estimate of drug-likeness (QED) is 0.731. The minimum Gasteiger partial charge on any atom is -0.373 e. The Morgan fingerprint density at radius 1 is 1.62 bits per heavy atom. The minimum atomic E-state index is -0.437. The highest BCUT2D eigenvalue weighted by Crippen LogP contribution is 2.19. The highest BCUT2D eigenvalue weighted by molar-refractivity contribution is 5.84. The van der Waals surface area contributed by atoms with Crippen LogP contribution in [0, 0.1) is 23.1 Å². The number of nitriles is 1. The van der Waals surface area contributed by atoms with Gasteiger partial charge in [0.1, 0.15) is 5.82 Å². The molecule has 0 spiro atoms. The van der Waals surface area contributed by atoms with Crippen LogP contribution in [0.2, 0.25) is 0 Å². The SMILES string of the molecule is CC(C#N)CN(C)c1ccc(F)cc1C=O. The summed E-state index contributed by atoms with van der Waals surface area (Å²) in [5.41, 5.74) is 0.936. The molecule has 4 heteroatoms. The topological polar surface area (TPSA) is 44.1 Å². The van der Waals surface area contributed by atoms with Crippen LogP contribution in [0.4, 0.5) is 10.1 Å². The van der Waals surface area contributed by atoms with Crippen LogP contribution in [0.5, 0.6) is 0 Å². The van der Waals surface area contributed by atoms with E-state index < -0.39 is 5.82 Å². The molecule has 84 valence electrons. The molecule has 16 heavy (non-hydrogen) atoms. The molecule has 0 amide bonds. The monoisotopic (exact) mass is 220 g/mol. The molecule has 1 atom stereocenters. The molecule has 0 aliphatic heterocycles. The largest absolute Gasteiger partial charge is 0.373 e. The van der Waals surface area contributed by atoms with Crippen molar-refractivity contribution in [3.05, 3.63) is 29.6 Å². The van der Waals surface area contributed by atoms with Gasteiger partial charge in [0.2, 0.25) is 0 Å². The Labute approximate surface area is 94.1 Å². The molecule has 0 saturated carbocycles. The van der Waals surface area contributed by atoms with Crippen LogP contribution < -0.4 is 4.90 Å². The molecule has 0 fully saturated rings. The van der Waals surface area contributed by atoms with Crippen molar-refractivity contribution < 1.29 is 9.18 Å². The highest BCUT2D eigenvalue weighted by atomic mass is 19.1. The number of benzene rings is 1. The number of carbonyl (C=O) groups is 1. The second kappa shape index (κ2) is 5.26. The lowest BCUT2D eigenvalue weighted by Gasteiger charge is -2.21. The third-order valence-electron chi connectivity index (χ3n) is 2.30. The lowest BCUT2D eigenvalue weighted by Crippen LogP contribution is -2.24. The van der Waals surface area contributed by atoms with Crippen molar-refractivity contribution in [3.8, 4) is 6.07 Å². The summed E-state index contributed by atoms with van der Waals surface area (Å²) < 4.78 is 12.9. The molecule has 1 aromatic rings.